The maximum atomic E-state index is 11.1. The Hall–Kier alpha value is -3.69. The van der Waals surface area contributed by atoms with E-state index in [1.807, 2.05) is 40.5 Å². The second-order valence-electron chi connectivity index (χ2n) is 5.15. The third-order valence-electron chi connectivity index (χ3n) is 3.57. The number of carbonyl (C=O) groups is 1. The fourth-order valence-electron chi connectivity index (χ4n) is 2.60. The van der Waals surface area contributed by atoms with Crippen LogP contribution in [0.3, 0.4) is 0 Å². The van der Waals surface area contributed by atoms with Crippen molar-refractivity contribution < 1.29 is 9.90 Å². The first-order valence-corrected chi connectivity index (χ1v) is 7.30. The van der Waals surface area contributed by atoms with Gasteiger partial charge in [-0.25, -0.2) is 19.4 Å². The predicted octanol–water partition coefficient (Wildman–Crippen LogP) is 0.667. The second kappa shape index (κ2) is 6.83. The quantitative estimate of drug-likeness (QED) is 0.469. The third-order valence-corrected chi connectivity index (χ3v) is 3.57. The summed E-state index contributed by atoms with van der Waals surface area (Å²) in [7, 11) is 0. The van der Waals surface area contributed by atoms with Crippen LogP contribution in [-0.2, 0) is 11.3 Å². The molecule has 25 heavy (non-hydrogen) atoms. The van der Waals surface area contributed by atoms with E-state index in [0.717, 1.165) is 22.5 Å². The Balaban J connectivity index is 0.000000569. The molecule has 4 rings (SSSR count). The van der Waals surface area contributed by atoms with Crippen molar-refractivity contribution in [1.29, 1.82) is 0 Å². The Morgan fingerprint density at radius 3 is 2.88 bits per heavy atom. The highest BCUT2D eigenvalue weighted by Gasteiger charge is 2.14. The van der Waals surface area contributed by atoms with Crippen molar-refractivity contribution in [1.82, 2.24) is 34.3 Å². The van der Waals surface area contributed by atoms with Crippen molar-refractivity contribution >= 4 is 12.0 Å². The van der Waals surface area contributed by atoms with Gasteiger partial charge in [0.1, 0.15) is 5.82 Å². The molecule has 0 aliphatic heterocycles. The number of carboxylic acid groups (broad SMARTS) is 1. The molecule has 128 valence electrons. The summed E-state index contributed by atoms with van der Waals surface area (Å²) >= 11 is 0. The fourth-order valence-corrected chi connectivity index (χ4v) is 2.60. The SMILES string of the molecule is Cc1cccn2ncc(-c3nccn3Cc3n[nH]c(=O)[nH]3)c12.O=CO. The van der Waals surface area contributed by atoms with Crippen LogP contribution in [0.5, 0.6) is 0 Å². The Labute approximate surface area is 140 Å². The Morgan fingerprint density at radius 1 is 1.36 bits per heavy atom. The lowest BCUT2D eigenvalue weighted by Gasteiger charge is -2.05. The summed E-state index contributed by atoms with van der Waals surface area (Å²) in [5.74, 6) is 1.34. The number of H-pyrrole nitrogens is 2. The van der Waals surface area contributed by atoms with Gasteiger partial charge in [0.15, 0.2) is 5.82 Å². The molecular formula is C15H15N7O3. The number of nitrogens with zero attached hydrogens (tertiary/aromatic N) is 5. The number of nitrogens with one attached hydrogen (secondary N) is 2. The molecule has 10 nitrogen and oxygen atoms in total. The first-order valence-electron chi connectivity index (χ1n) is 7.30. The maximum absolute atomic E-state index is 11.1. The van der Waals surface area contributed by atoms with E-state index >= 15 is 0 Å². The number of imidazole rings is 1. The summed E-state index contributed by atoms with van der Waals surface area (Å²) in [4.78, 5) is 26.6. The molecule has 0 atom stereocenters. The van der Waals surface area contributed by atoms with Crippen molar-refractivity contribution in [3.05, 3.63) is 58.8 Å². The van der Waals surface area contributed by atoms with Gasteiger partial charge in [-0.3, -0.25) is 9.78 Å². The monoisotopic (exact) mass is 341 g/mol. The summed E-state index contributed by atoms with van der Waals surface area (Å²) in [6.45, 7) is 2.22. The van der Waals surface area contributed by atoms with Crippen molar-refractivity contribution in [2.24, 2.45) is 0 Å². The molecule has 0 amide bonds. The topological polar surface area (TPSA) is 134 Å². The van der Waals surface area contributed by atoms with Gasteiger partial charge in [0.2, 0.25) is 0 Å². The summed E-state index contributed by atoms with van der Waals surface area (Å²) in [5, 5.41) is 17.6. The van der Waals surface area contributed by atoms with Crippen molar-refractivity contribution in [2.45, 2.75) is 13.5 Å². The van der Waals surface area contributed by atoms with Gasteiger partial charge in [0, 0.05) is 18.6 Å². The van der Waals surface area contributed by atoms with E-state index in [9.17, 15) is 4.79 Å². The molecule has 0 unspecified atom stereocenters. The minimum absolute atomic E-state index is 0.250. The Morgan fingerprint density at radius 2 is 2.16 bits per heavy atom. The van der Waals surface area contributed by atoms with Gasteiger partial charge in [-0.1, -0.05) is 6.07 Å². The normalized spacial score (nSPS) is 10.4. The summed E-state index contributed by atoms with van der Waals surface area (Å²) in [5.41, 5.74) is 2.77. The molecule has 0 aromatic carbocycles. The van der Waals surface area contributed by atoms with E-state index in [1.54, 1.807) is 12.4 Å². The fraction of sp³-hybridized carbons (Fsp3) is 0.133. The number of aromatic nitrogens is 7. The van der Waals surface area contributed by atoms with E-state index in [0.29, 0.717) is 12.4 Å². The number of hydrogen-bond acceptors (Lipinski definition) is 5. The molecule has 0 aliphatic carbocycles. The summed E-state index contributed by atoms with van der Waals surface area (Å²) < 4.78 is 3.76. The molecular weight excluding hydrogens is 326 g/mol. The summed E-state index contributed by atoms with van der Waals surface area (Å²) in [6.07, 6.45) is 7.28. The molecule has 4 aromatic rings. The molecule has 0 saturated heterocycles. The van der Waals surface area contributed by atoms with Crippen molar-refractivity contribution in [3.8, 4) is 11.4 Å². The van der Waals surface area contributed by atoms with Crippen LogP contribution in [0.1, 0.15) is 11.4 Å². The lowest BCUT2D eigenvalue weighted by Crippen LogP contribution is -2.05. The van der Waals surface area contributed by atoms with E-state index in [-0.39, 0.29) is 12.2 Å². The average Bonchev–Trinajstić information content (AvgIpc) is 3.29. The molecule has 0 saturated carbocycles. The molecule has 0 bridgehead atoms. The van der Waals surface area contributed by atoms with Crippen LogP contribution in [-0.4, -0.2) is 45.9 Å². The average molecular weight is 341 g/mol. The molecule has 0 radical (unpaired) electrons. The first-order chi connectivity index (χ1) is 12.1. The number of pyridine rings is 1. The van der Waals surface area contributed by atoms with Crippen LogP contribution >= 0.6 is 0 Å². The molecule has 4 heterocycles. The second-order valence-corrected chi connectivity index (χ2v) is 5.15. The van der Waals surface area contributed by atoms with Gasteiger partial charge in [-0.05, 0) is 18.6 Å². The van der Waals surface area contributed by atoms with Crippen molar-refractivity contribution in [2.75, 3.05) is 0 Å². The maximum Gasteiger partial charge on any atom is 0.340 e. The zero-order chi connectivity index (χ0) is 17.8. The zero-order valence-corrected chi connectivity index (χ0v) is 13.2. The zero-order valence-electron chi connectivity index (χ0n) is 13.2. The van der Waals surface area contributed by atoms with Gasteiger partial charge < -0.3 is 9.67 Å². The van der Waals surface area contributed by atoms with Gasteiger partial charge in [0.05, 0.1) is 23.8 Å². The first kappa shape index (κ1) is 16.2. The van der Waals surface area contributed by atoms with Crippen LogP contribution in [0.25, 0.3) is 16.9 Å². The molecule has 3 N–H and O–H groups in total. The van der Waals surface area contributed by atoms with Gasteiger partial charge in [0.25, 0.3) is 6.47 Å². The molecule has 0 aliphatic rings. The minimum atomic E-state index is -0.316. The van der Waals surface area contributed by atoms with Crippen LogP contribution in [0.2, 0.25) is 0 Å². The van der Waals surface area contributed by atoms with Crippen LogP contribution in [0.4, 0.5) is 0 Å². The highest BCUT2D eigenvalue weighted by Crippen LogP contribution is 2.25. The van der Waals surface area contributed by atoms with Gasteiger partial charge in [-0.2, -0.15) is 10.2 Å². The number of aryl methyl sites for hydroxylation is 1. The lowest BCUT2D eigenvalue weighted by molar-refractivity contribution is -0.122. The van der Waals surface area contributed by atoms with Gasteiger partial charge in [-0.15, -0.1) is 0 Å². The van der Waals surface area contributed by atoms with Crippen LogP contribution in [0.15, 0.2) is 41.7 Å². The predicted molar refractivity (Wildman–Crippen MR) is 88.2 cm³/mol. The Kier molecular flexibility index (Phi) is 4.42. The molecule has 0 fully saturated rings. The van der Waals surface area contributed by atoms with E-state index in [1.165, 1.54) is 0 Å². The minimum Gasteiger partial charge on any atom is -0.483 e. The van der Waals surface area contributed by atoms with Crippen LogP contribution < -0.4 is 5.69 Å². The standard InChI is InChI=1S/C14H13N7O.CH2O2/c1-9-3-2-5-21-12(9)10(7-16-21)13-15-4-6-20(13)8-11-17-14(22)19-18-11;2-1-3/h2-7H,8H2,1H3,(H2,17,18,19,22);1H,(H,2,3). The molecule has 4 aromatic heterocycles. The van der Waals surface area contributed by atoms with Gasteiger partial charge >= 0.3 is 5.69 Å². The summed E-state index contributed by atoms with van der Waals surface area (Å²) in [6, 6.07) is 4.00. The third kappa shape index (κ3) is 3.17. The highest BCUT2D eigenvalue weighted by molar-refractivity contribution is 5.78. The largest absolute Gasteiger partial charge is 0.483 e. The van der Waals surface area contributed by atoms with E-state index < -0.39 is 0 Å². The lowest BCUT2D eigenvalue weighted by atomic mass is 10.1. The van der Waals surface area contributed by atoms with Crippen LogP contribution in [0, 0.1) is 6.92 Å². The smallest absolute Gasteiger partial charge is 0.340 e. The Bertz CT molecular complexity index is 1060. The van der Waals surface area contributed by atoms with Crippen molar-refractivity contribution in [3.63, 3.8) is 0 Å². The van der Waals surface area contributed by atoms with E-state index in [4.69, 9.17) is 9.90 Å². The number of hydrogen-bond donors (Lipinski definition) is 3. The van der Waals surface area contributed by atoms with E-state index in [2.05, 4.69) is 25.3 Å². The molecule has 10 heteroatoms. The highest BCUT2D eigenvalue weighted by atomic mass is 16.3. The number of fused-ring (bicyclic) bond motifs is 1. The number of aromatic amines is 2. The molecule has 0 spiro atoms. The number of rotatable bonds is 3.